The number of aromatic nitrogens is 3. The number of imide groups is 1. The molecule has 0 atom stereocenters. The van der Waals surface area contributed by atoms with Gasteiger partial charge in [0.2, 0.25) is 0 Å². The van der Waals surface area contributed by atoms with Crippen LogP contribution >= 0.6 is 0 Å². The Labute approximate surface area is 160 Å². The van der Waals surface area contributed by atoms with E-state index in [1.54, 1.807) is 42.1 Å². The van der Waals surface area contributed by atoms with Gasteiger partial charge in [-0.1, -0.05) is 23.3 Å². The van der Waals surface area contributed by atoms with Crippen molar-refractivity contribution in [3.05, 3.63) is 76.7 Å². The summed E-state index contributed by atoms with van der Waals surface area (Å²) in [6, 6.07) is 11.8. The molecule has 0 fully saturated rings. The fourth-order valence-corrected chi connectivity index (χ4v) is 3.16. The Morgan fingerprint density at radius 2 is 1.64 bits per heavy atom. The lowest BCUT2D eigenvalue weighted by Crippen LogP contribution is -2.33. The first kappa shape index (κ1) is 17.6. The third-order valence-electron chi connectivity index (χ3n) is 4.58. The van der Waals surface area contributed by atoms with Crippen LogP contribution in [0, 0.1) is 13.8 Å². The monoisotopic (exact) mass is 376 g/mol. The summed E-state index contributed by atoms with van der Waals surface area (Å²) < 4.78 is 1.64. The molecule has 140 valence electrons. The highest BCUT2D eigenvalue weighted by molar-refractivity contribution is 6.20. The zero-order valence-electron chi connectivity index (χ0n) is 15.2. The van der Waals surface area contributed by atoms with E-state index in [2.05, 4.69) is 10.1 Å². The van der Waals surface area contributed by atoms with Gasteiger partial charge in [0.1, 0.15) is 0 Å². The second-order valence-electron chi connectivity index (χ2n) is 6.34. The maximum absolute atomic E-state index is 12.4. The van der Waals surface area contributed by atoms with Gasteiger partial charge in [-0.3, -0.25) is 9.59 Å². The number of hydrogen-bond donors (Lipinski definition) is 0. The third-order valence-corrected chi connectivity index (χ3v) is 4.58. The molecular weight excluding hydrogens is 360 g/mol. The number of hydroxylamine groups is 2. The van der Waals surface area contributed by atoms with Crippen LogP contribution in [0.25, 0.3) is 5.82 Å². The summed E-state index contributed by atoms with van der Waals surface area (Å²) in [7, 11) is 0. The molecule has 1 aromatic carbocycles. The average molecular weight is 376 g/mol. The van der Waals surface area contributed by atoms with Gasteiger partial charge in [0.25, 0.3) is 11.8 Å². The number of hydrogen-bond acceptors (Lipinski definition) is 6. The number of pyridine rings is 1. The SMILES string of the molecule is Cc1nn(-c2ccccn2)c(C)c1CC(=O)ON1C(=O)c2ccccc2C1=O. The standard InChI is InChI=1S/C20H16N4O4/c1-12-16(13(2)23(22-12)17-9-5-6-10-21-17)11-18(25)28-24-19(26)14-7-3-4-8-15(14)20(24)27/h3-10H,11H2,1-2H3. The van der Waals surface area contributed by atoms with Gasteiger partial charge in [-0.05, 0) is 38.1 Å². The molecule has 0 saturated heterocycles. The molecule has 3 heterocycles. The minimum Gasteiger partial charge on any atom is -0.329 e. The molecule has 0 unspecified atom stereocenters. The van der Waals surface area contributed by atoms with E-state index < -0.39 is 17.8 Å². The van der Waals surface area contributed by atoms with Crippen LogP contribution in [0.2, 0.25) is 0 Å². The lowest BCUT2D eigenvalue weighted by Gasteiger charge is -2.12. The summed E-state index contributed by atoms with van der Waals surface area (Å²) in [6.07, 6.45) is 1.53. The van der Waals surface area contributed by atoms with E-state index in [1.165, 1.54) is 12.1 Å². The maximum atomic E-state index is 12.4. The summed E-state index contributed by atoms with van der Waals surface area (Å²) in [5.41, 5.74) is 2.47. The highest BCUT2D eigenvalue weighted by Crippen LogP contribution is 2.23. The van der Waals surface area contributed by atoms with Crippen molar-refractivity contribution < 1.29 is 19.2 Å². The largest absolute Gasteiger partial charge is 0.337 e. The van der Waals surface area contributed by atoms with Gasteiger partial charge in [0.05, 0.1) is 23.2 Å². The van der Waals surface area contributed by atoms with Crippen LogP contribution in [0.1, 0.15) is 37.7 Å². The molecule has 0 N–H and O–H groups in total. The van der Waals surface area contributed by atoms with Crippen molar-refractivity contribution in [1.82, 2.24) is 19.8 Å². The zero-order chi connectivity index (χ0) is 19.8. The van der Waals surface area contributed by atoms with E-state index in [4.69, 9.17) is 4.84 Å². The Hall–Kier alpha value is -3.81. The van der Waals surface area contributed by atoms with Gasteiger partial charge in [-0.15, -0.1) is 0 Å². The normalized spacial score (nSPS) is 13.0. The van der Waals surface area contributed by atoms with Crippen LogP contribution in [0.5, 0.6) is 0 Å². The van der Waals surface area contributed by atoms with Gasteiger partial charge in [0, 0.05) is 17.5 Å². The molecule has 2 amide bonds. The van der Waals surface area contributed by atoms with Crippen LogP contribution in [-0.2, 0) is 16.1 Å². The number of amides is 2. The molecule has 0 spiro atoms. The Balaban J connectivity index is 1.53. The molecular formula is C20H16N4O4. The molecule has 1 aliphatic rings. The number of fused-ring (bicyclic) bond motifs is 1. The lowest BCUT2D eigenvalue weighted by atomic mass is 10.1. The molecule has 2 aromatic heterocycles. The van der Waals surface area contributed by atoms with E-state index in [-0.39, 0.29) is 17.5 Å². The smallest absolute Gasteiger partial charge is 0.329 e. The fraction of sp³-hybridized carbons (Fsp3) is 0.150. The number of carbonyl (C=O) groups excluding carboxylic acids is 3. The van der Waals surface area contributed by atoms with Crippen LogP contribution in [-0.4, -0.2) is 37.6 Å². The summed E-state index contributed by atoms with van der Waals surface area (Å²) in [4.78, 5) is 46.4. The van der Waals surface area contributed by atoms with Crippen LogP contribution in [0.3, 0.4) is 0 Å². The molecule has 0 bridgehead atoms. The van der Waals surface area contributed by atoms with Gasteiger partial charge >= 0.3 is 5.97 Å². The predicted octanol–water partition coefficient (Wildman–Crippen LogP) is 2.18. The minimum atomic E-state index is -0.721. The van der Waals surface area contributed by atoms with Crippen molar-refractivity contribution in [2.24, 2.45) is 0 Å². The van der Waals surface area contributed by atoms with Gasteiger partial charge in [-0.2, -0.15) is 5.10 Å². The molecule has 8 heteroatoms. The van der Waals surface area contributed by atoms with E-state index >= 15 is 0 Å². The second kappa shape index (κ2) is 6.73. The van der Waals surface area contributed by atoms with E-state index in [9.17, 15) is 14.4 Å². The topological polar surface area (TPSA) is 94.4 Å². The fourth-order valence-electron chi connectivity index (χ4n) is 3.16. The number of rotatable bonds is 4. The van der Waals surface area contributed by atoms with Gasteiger partial charge < -0.3 is 4.84 Å². The number of nitrogens with zero attached hydrogens (tertiary/aromatic N) is 4. The highest BCUT2D eigenvalue weighted by atomic mass is 16.7. The van der Waals surface area contributed by atoms with Crippen molar-refractivity contribution in [3.63, 3.8) is 0 Å². The molecule has 0 radical (unpaired) electrons. The highest BCUT2D eigenvalue weighted by Gasteiger charge is 2.38. The van der Waals surface area contributed by atoms with E-state index in [1.807, 2.05) is 13.0 Å². The maximum Gasteiger partial charge on any atom is 0.337 e. The Morgan fingerprint density at radius 3 is 2.25 bits per heavy atom. The minimum absolute atomic E-state index is 0.127. The lowest BCUT2D eigenvalue weighted by molar-refractivity contribution is -0.167. The zero-order valence-corrected chi connectivity index (χ0v) is 15.2. The average Bonchev–Trinajstić information content (AvgIpc) is 3.12. The second-order valence-corrected chi connectivity index (χ2v) is 6.34. The number of benzene rings is 1. The van der Waals surface area contributed by atoms with Crippen molar-refractivity contribution >= 4 is 17.8 Å². The summed E-state index contributed by atoms with van der Waals surface area (Å²) in [5.74, 6) is -1.39. The van der Waals surface area contributed by atoms with Crippen LogP contribution in [0.15, 0.2) is 48.7 Å². The van der Waals surface area contributed by atoms with Crippen LogP contribution < -0.4 is 0 Å². The third kappa shape index (κ3) is 2.84. The first-order valence-electron chi connectivity index (χ1n) is 8.62. The summed E-state index contributed by atoms with van der Waals surface area (Å²) in [6.45, 7) is 3.59. The van der Waals surface area contributed by atoms with E-state index in [0.717, 1.165) is 5.69 Å². The van der Waals surface area contributed by atoms with Crippen molar-refractivity contribution in [3.8, 4) is 5.82 Å². The Kier molecular flexibility index (Phi) is 4.23. The predicted molar refractivity (Wildman–Crippen MR) is 97.6 cm³/mol. The molecule has 0 aliphatic carbocycles. The van der Waals surface area contributed by atoms with Crippen molar-refractivity contribution in [2.45, 2.75) is 20.3 Å². The molecule has 1 aliphatic heterocycles. The van der Waals surface area contributed by atoms with E-state index in [0.29, 0.717) is 22.1 Å². The molecule has 0 saturated carbocycles. The van der Waals surface area contributed by atoms with Crippen molar-refractivity contribution in [1.29, 1.82) is 0 Å². The molecule has 8 nitrogen and oxygen atoms in total. The number of aryl methyl sites for hydroxylation is 1. The first-order valence-corrected chi connectivity index (χ1v) is 8.62. The quantitative estimate of drug-likeness (QED) is 0.648. The first-order chi connectivity index (χ1) is 13.5. The van der Waals surface area contributed by atoms with Gasteiger partial charge in [-0.25, -0.2) is 14.5 Å². The van der Waals surface area contributed by atoms with Crippen molar-refractivity contribution in [2.75, 3.05) is 0 Å². The molecule has 4 rings (SSSR count). The Bertz CT molecular complexity index is 1070. The van der Waals surface area contributed by atoms with Crippen LogP contribution in [0.4, 0.5) is 0 Å². The van der Waals surface area contributed by atoms with Gasteiger partial charge in [0.15, 0.2) is 5.82 Å². The summed E-state index contributed by atoms with van der Waals surface area (Å²) in [5, 5.41) is 4.94. The Morgan fingerprint density at radius 1 is 1.00 bits per heavy atom. The summed E-state index contributed by atoms with van der Waals surface area (Å²) >= 11 is 0. The molecule has 28 heavy (non-hydrogen) atoms. The molecule has 3 aromatic rings. The number of carbonyl (C=O) groups is 3.